The van der Waals surface area contributed by atoms with Crippen LogP contribution in [0.4, 0.5) is 0 Å². The Bertz CT molecular complexity index is 377. The summed E-state index contributed by atoms with van der Waals surface area (Å²) < 4.78 is 0. The monoisotopic (exact) mass is 236 g/mol. The summed E-state index contributed by atoms with van der Waals surface area (Å²) >= 11 is 0. The number of aryl methyl sites for hydroxylation is 1. The topological polar surface area (TPSA) is 75.4 Å². The summed E-state index contributed by atoms with van der Waals surface area (Å²) in [6.45, 7) is 4.09. The summed E-state index contributed by atoms with van der Waals surface area (Å²) in [5.41, 5.74) is 7.84. The van der Waals surface area contributed by atoms with E-state index in [0.717, 1.165) is 11.1 Å². The van der Waals surface area contributed by atoms with Gasteiger partial charge >= 0.3 is 0 Å². The second-order valence-electron chi connectivity index (χ2n) is 4.40. The minimum atomic E-state index is -0.653. The van der Waals surface area contributed by atoms with Crippen LogP contribution in [-0.4, -0.2) is 23.2 Å². The first-order chi connectivity index (χ1) is 7.99. The number of hydrogen-bond donors (Lipinski definition) is 3. The van der Waals surface area contributed by atoms with Crippen LogP contribution in [0.15, 0.2) is 24.3 Å². The molecule has 4 nitrogen and oxygen atoms in total. The molecule has 0 aliphatic rings. The molecule has 1 aromatic carbocycles. The molecule has 0 bridgehead atoms. The first-order valence-electron chi connectivity index (χ1n) is 5.76. The van der Waals surface area contributed by atoms with Crippen molar-refractivity contribution in [2.45, 2.75) is 39.0 Å². The second kappa shape index (κ2) is 6.37. The van der Waals surface area contributed by atoms with E-state index in [1.807, 2.05) is 31.2 Å². The molecular weight excluding hydrogens is 216 g/mol. The van der Waals surface area contributed by atoms with E-state index in [0.29, 0.717) is 6.54 Å². The zero-order valence-corrected chi connectivity index (χ0v) is 10.3. The van der Waals surface area contributed by atoms with Crippen LogP contribution >= 0.6 is 0 Å². The van der Waals surface area contributed by atoms with Gasteiger partial charge in [0.25, 0.3) is 0 Å². The Morgan fingerprint density at radius 3 is 2.82 bits per heavy atom. The highest BCUT2D eigenvalue weighted by Crippen LogP contribution is 2.03. The van der Waals surface area contributed by atoms with E-state index in [4.69, 9.17) is 10.8 Å². The van der Waals surface area contributed by atoms with E-state index in [9.17, 15) is 4.79 Å². The molecule has 4 N–H and O–H groups in total. The van der Waals surface area contributed by atoms with Gasteiger partial charge in [-0.05, 0) is 25.8 Å². The van der Waals surface area contributed by atoms with Crippen LogP contribution in [0.2, 0.25) is 0 Å². The number of aliphatic hydroxyl groups is 1. The molecule has 0 fully saturated rings. The van der Waals surface area contributed by atoms with Crippen molar-refractivity contribution in [3.05, 3.63) is 35.4 Å². The predicted molar refractivity (Wildman–Crippen MR) is 67.3 cm³/mol. The molecular formula is C13H20N2O2. The molecule has 0 radical (unpaired) electrons. The molecule has 17 heavy (non-hydrogen) atoms. The number of aliphatic hydroxyl groups excluding tert-OH is 1. The Morgan fingerprint density at radius 2 is 2.24 bits per heavy atom. The van der Waals surface area contributed by atoms with Gasteiger partial charge in [-0.2, -0.15) is 0 Å². The van der Waals surface area contributed by atoms with Gasteiger partial charge in [-0.25, -0.2) is 0 Å². The number of nitrogens with one attached hydrogen (secondary N) is 1. The largest absolute Gasteiger partial charge is 0.393 e. The zero-order chi connectivity index (χ0) is 12.8. The highest BCUT2D eigenvalue weighted by atomic mass is 16.3. The number of benzene rings is 1. The minimum absolute atomic E-state index is 0.229. The van der Waals surface area contributed by atoms with Crippen molar-refractivity contribution in [2.24, 2.45) is 5.73 Å². The van der Waals surface area contributed by atoms with Crippen LogP contribution < -0.4 is 11.1 Å². The minimum Gasteiger partial charge on any atom is -0.393 e. The average molecular weight is 236 g/mol. The lowest BCUT2D eigenvalue weighted by Gasteiger charge is -2.13. The van der Waals surface area contributed by atoms with Crippen molar-refractivity contribution >= 4 is 5.91 Å². The molecule has 0 aliphatic carbocycles. The lowest BCUT2D eigenvalue weighted by atomic mass is 10.1. The zero-order valence-electron chi connectivity index (χ0n) is 10.3. The van der Waals surface area contributed by atoms with Gasteiger partial charge in [-0.15, -0.1) is 0 Å². The van der Waals surface area contributed by atoms with Gasteiger partial charge in [-0.1, -0.05) is 29.8 Å². The quantitative estimate of drug-likeness (QED) is 0.704. The molecule has 0 aromatic heterocycles. The van der Waals surface area contributed by atoms with E-state index in [2.05, 4.69) is 5.32 Å². The van der Waals surface area contributed by atoms with Crippen molar-refractivity contribution in [2.75, 3.05) is 0 Å². The third kappa shape index (κ3) is 4.97. The first-order valence-corrected chi connectivity index (χ1v) is 5.76. The average Bonchev–Trinajstić information content (AvgIpc) is 2.25. The number of rotatable bonds is 5. The molecule has 0 aliphatic heterocycles. The SMILES string of the molecule is Cc1cccc(CNC(=O)C(N)CC(C)O)c1. The summed E-state index contributed by atoms with van der Waals surface area (Å²) in [5, 5.41) is 11.9. The van der Waals surface area contributed by atoms with Crippen LogP contribution in [0, 0.1) is 6.92 Å². The van der Waals surface area contributed by atoms with Gasteiger partial charge < -0.3 is 16.2 Å². The highest BCUT2D eigenvalue weighted by Gasteiger charge is 2.14. The van der Waals surface area contributed by atoms with Crippen molar-refractivity contribution < 1.29 is 9.90 Å². The molecule has 4 heteroatoms. The first kappa shape index (κ1) is 13.7. The molecule has 0 heterocycles. The van der Waals surface area contributed by atoms with Crippen molar-refractivity contribution in [1.82, 2.24) is 5.32 Å². The molecule has 0 saturated carbocycles. The fourth-order valence-corrected chi connectivity index (χ4v) is 1.62. The molecule has 0 spiro atoms. The molecule has 1 amide bonds. The Labute approximate surface area is 102 Å². The highest BCUT2D eigenvalue weighted by molar-refractivity contribution is 5.81. The van der Waals surface area contributed by atoms with Crippen molar-refractivity contribution in [3.8, 4) is 0 Å². The molecule has 0 saturated heterocycles. The van der Waals surface area contributed by atoms with Gasteiger partial charge in [0.1, 0.15) is 0 Å². The number of hydrogen-bond acceptors (Lipinski definition) is 3. The smallest absolute Gasteiger partial charge is 0.237 e. The molecule has 1 rings (SSSR count). The van der Waals surface area contributed by atoms with Crippen LogP contribution in [0.5, 0.6) is 0 Å². The van der Waals surface area contributed by atoms with Crippen molar-refractivity contribution in [1.29, 1.82) is 0 Å². The fourth-order valence-electron chi connectivity index (χ4n) is 1.62. The van der Waals surface area contributed by atoms with E-state index in [1.54, 1.807) is 6.92 Å². The molecule has 2 atom stereocenters. The standard InChI is InChI=1S/C13H20N2O2/c1-9-4-3-5-11(6-9)8-15-13(17)12(14)7-10(2)16/h3-6,10,12,16H,7-8,14H2,1-2H3,(H,15,17). The van der Waals surface area contributed by atoms with E-state index >= 15 is 0 Å². The third-order valence-corrected chi connectivity index (χ3v) is 2.48. The fraction of sp³-hybridized carbons (Fsp3) is 0.462. The number of amides is 1. The van der Waals surface area contributed by atoms with Gasteiger partial charge in [0, 0.05) is 6.54 Å². The summed E-state index contributed by atoms with van der Waals surface area (Å²) in [6, 6.07) is 7.27. The number of nitrogens with two attached hydrogens (primary N) is 1. The maximum absolute atomic E-state index is 11.6. The van der Waals surface area contributed by atoms with E-state index in [1.165, 1.54) is 0 Å². The lowest BCUT2D eigenvalue weighted by molar-refractivity contribution is -0.123. The van der Waals surface area contributed by atoms with Gasteiger partial charge in [-0.3, -0.25) is 4.79 Å². The Balaban J connectivity index is 2.43. The van der Waals surface area contributed by atoms with Gasteiger partial charge in [0.05, 0.1) is 12.1 Å². The summed E-state index contributed by atoms with van der Waals surface area (Å²) in [7, 11) is 0. The lowest BCUT2D eigenvalue weighted by Crippen LogP contribution is -2.41. The maximum Gasteiger partial charge on any atom is 0.237 e. The normalized spacial score (nSPS) is 14.1. The maximum atomic E-state index is 11.6. The number of carbonyl (C=O) groups is 1. The Hall–Kier alpha value is -1.39. The summed E-state index contributed by atoms with van der Waals surface area (Å²) in [4.78, 5) is 11.6. The molecule has 94 valence electrons. The Morgan fingerprint density at radius 1 is 1.53 bits per heavy atom. The third-order valence-electron chi connectivity index (χ3n) is 2.48. The van der Waals surface area contributed by atoms with Crippen LogP contribution in [0.3, 0.4) is 0 Å². The van der Waals surface area contributed by atoms with Crippen LogP contribution in [-0.2, 0) is 11.3 Å². The molecule has 2 unspecified atom stereocenters. The molecule has 1 aromatic rings. The van der Waals surface area contributed by atoms with Crippen LogP contribution in [0.25, 0.3) is 0 Å². The van der Waals surface area contributed by atoms with E-state index < -0.39 is 12.1 Å². The van der Waals surface area contributed by atoms with Gasteiger partial charge in [0.2, 0.25) is 5.91 Å². The van der Waals surface area contributed by atoms with E-state index in [-0.39, 0.29) is 12.3 Å². The predicted octanol–water partition coefficient (Wildman–Crippen LogP) is 0.709. The van der Waals surface area contributed by atoms with Gasteiger partial charge in [0.15, 0.2) is 0 Å². The van der Waals surface area contributed by atoms with Crippen molar-refractivity contribution in [3.63, 3.8) is 0 Å². The summed E-state index contributed by atoms with van der Waals surface area (Å²) in [5.74, 6) is -0.229. The number of carbonyl (C=O) groups excluding carboxylic acids is 1. The second-order valence-corrected chi connectivity index (χ2v) is 4.40. The summed E-state index contributed by atoms with van der Waals surface area (Å²) in [6.07, 6.45) is -0.283. The Kier molecular flexibility index (Phi) is 5.12. The van der Waals surface area contributed by atoms with Crippen LogP contribution in [0.1, 0.15) is 24.5 Å².